The van der Waals surface area contributed by atoms with Crippen molar-refractivity contribution in [1.29, 1.82) is 0 Å². The summed E-state index contributed by atoms with van der Waals surface area (Å²) in [5, 5.41) is 12.3. The van der Waals surface area contributed by atoms with Gasteiger partial charge in [-0.2, -0.15) is 0 Å². The van der Waals surface area contributed by atoms with Gasteiger partial charge in [-0.3, -0.25) is 0 Å². The van der Waals surface area contributed by atoms with E-state index in [4.69, 9.17) is 17.3 Å². The van der Waals surface area contributed by atoms with E-state index in [1.54, 1.807) is 0 Å². The summed E-state index contributed by atoms with van der Waals surface area (Å²) in [4.78, 5) is 0. The first-order valence-corrected chi connectivity index (χ1v) is 5.17. The molecule has 0 aliphatic heterocycles. The van der Waals surface area contributed by atoms with E-state index in [2.05, 4.69) is 0 Å². The molecule has 0 amide bonds. The Hall–Kier alpha value is -1.09. The lowest BCUT2D eigenvalue weighted by atomic mass is 10.0. The van der Waals surface area contributed by atoms with Crippen molar-refractivity contribution in [3.8, 4) is 0 Å². The molecule has 0 heterocycles. The van der Waals surface area contributed by atoms with Crippen molar-refractivity contribution < 1.29 is 5.11 Å². The molecule has 78 valence electrons. The highest BCUT2D eigenvalue weighted by Crippen LogP contribution is 2.30. The van der Waals surface area contributed by atoms with Crippen molar-refractivity contribution >= 4 is 22.4 Å². The molecule has 2 rings (SSSR count). The van der Waals surface area contributed by atoms with Crippen molar-refractivity contribution in [2.75, 3.05) is 6.54 Å². The molecular formula is C12H12ClNO. The van der Waals surface area contributed by atoms with Crippen LogP contribution in [0.1, 0.15) is 11.7 Å². The van der Waals surface area contributed by atoms with E-state index in [0.717, 1.165) is 16.3 Å². The minimum Gasteiger partial charge on any atom is -0.387 e. The van der Waals surface area contributed by atoms with Gasteiger partial charge in [0.05, 0.1) is 6.10 Å². The van der Waals surface area contributed by atoms with Gasteiger partial charge in [-0.15, -0.1) is 0 Å². The van der Waals surface area contributed by atoms with Crippen LogP contribution in [0.4, 0.5) is 0 Å². The molecule has 0 saturated carbocycles. The third-order valence-electron chi connectivity index (χ3n) is 2.47. The van der Waals surface area contributed by atoms with Gasteiger partial charge in [0.2, 0.25) is 0 Å². The first kappa shape index (κ1) is 10.4. The molecule has 15 heavy (non-hydrogen) atoms. The van der Waals surface area contributed by atoms with Crippen molar-refractivity contribution in [3.63, 3.8) is 0 Å². The fourth-order valence-corrected chi connectivity index (χ4v) is 2.02. The summed E-state index contributed by atoms with van der Waals surface area (Å²) in [5.74, 6) is 0. The molecule has 0 saturated heterocycles. The van der Waals surface area contributed by atoms with Gasteiger partial charge in [-0.1, -0.05) is 41.9 Å². The molecule has 3 heteroatoms. The zero-order chi connectivity index (χ0) is 10.8. The Balaban J connectivity index is 2.74. The van der Waals surface area contributed by atoms with E-state index >= 15 is 0 Å². The maximum absolute atomic E-state index is 9.77. The maximum Gasteiger partial charge on any atom is 0.0918 e. The van der Waals surface area contributed by atoms with Crippen molar-refractivity contribution in [1.82, 2.24) is 0 Å². The topological polar surface area (TPSA) is 46.2 Å². The lowest BCUT2D eigenvalue weighted by Crippen LogP contribution is -2.11. The molecule has 0 bridgehead atoms. The fraction of sp³-hybridized carbons (Fsp3) is 0.167. The number of hydrogen-bond acceptors (Lipinski definition) is 2. The minimum absolute atomic E-state index is 0.199. The van der Waals surface area contributed by atoms with Crippen LogP contribution in [0, 0.1) is 0 Å². The van der Waals surface area contributed by atoms with Crippen LogP contribution in [-0.4, -0.2) is 11.7 Å². The number of nitrogens with two attached hydrogens (primary N) is 1. The molecule has 0 spiro atoms. The van der Waals surface area contributed by atoms with Crippen LogP contribution in [0.3, 0.4) is 0 Å². The van der Waals surface area contributed by atoms with E-state index in [1.807, 2.05) is 36.4 Å². The summed E-state index contributed by atoms with van der Waals surface area (Å²) in [5.41, 5.74) is 6.24. The average Bonchev–Trinajstić information content (AvgIpc) is 2.28. The monoisotopic (exact) mass is 221 g/mol. The molecular weight excluding hydrogens is 210 g/mol. The minimum atomic E-state index is -0.659. The largest absolute Gasteiger partial charge is 0.387 e. The molecule has 0 aliphatic rings. The second kappa shape index (κ2) is 4.19. The second-order valence-electron chi connectivity index (χ2n) is 3.44. The van der Waals surface area contributed by atoms with Gasteiger partial charge in [0.1, 0.15) is 0 Å². The molecule has 0 aromatic heterocycles. The van der Waals surface area contributed by atoms with Gasteiger partial charge in [-0.25, -0.2) is 0 Å². The molecule has 0 radical (unpaired) electrons. The predicted molar refractivity (Wildman–Crippen MR) is 63.0 cm³/mol. The summed E-state index contributed by atoms with van der Waals surface area (Å²) < 4.78 is 0. The molecule has 2 aromatic carbocycles. The molecule has 3 N–H and O–H groups in total. The SMILES string of the molecule is NC[C@@H](O)c1cccc2cccc(Cl)c12. The standard InChI is InChI=1S/C12H12ClNO/c13-10-6-2-4-8-3-1-5-9(12(8)10)11(15)7-14/h1-6,11,15H,7,14H2/t11-/m1/s1. The Morgan fingerprint density at radius 3 is 2.53 bits per heavy atom. The third kappa shape index (κ3) is 1.84. The van der Waals surface area contributed by atoms with Gasteiger partial charge in [-0.05, 0) is 17.0 Å². The lowest BCUT2D eigenvalue weighted by Gasteiger charge is -2.12. The van der Waals surface area contributed by atoms with Gasteiger partial charge in [0.25, 0.3) is 0 Å². The second-order valence-corrected chi connectivity index (χ2v) is 3.84. The van der Waals surface area contributed by atoms with Crippen molar-refractivity contribution in [2.45, 2.75) is 6.10 Å². The highest BCUT2D eigenvalue weighted by atomic mass is 35.5. The zero-order valence-corrected chi connectivity index (χ0v) is 8.91. The Kier molecular flexibility index (Phi) is 2.91. The Bertz CT molecular complexity index is 479. The van der Waals surface area contributed by atoms with Crippen LogP contribution < -0.4 is 5.73 Å². The van der Waals surface area contributed by atoms with Crippen LogP contribution in [0.5, 0.6) is 0 Å². The van der Waals surface area contributed by atoms with Crippen LogP contribution in [-0.2, 0) is 0 Å². The number of aliphatic hydroxyl groups is 1. The molecule has 0 fully saturated rings. The number of rotatable bonds is 2. The number of halogens is 1. The van der Waals surface area contributed by atoms with Crippen molar-refractivity contribution in [2.24, 2.45) is 5.73 Å². The number of fused-ring (bicyclic) bond motifs is 1. The zero-order valence-electron chi connectivity index (χ0n) is 8.15. The van der Waals surface area contributed by atoms with Gasteiger partial charge in [0, 0.05) is 17.0 Å². The summed E-state index contributed by atoms with van der Waals surface area (Å²) >= 11 is 6.11. The number of benzene rings is 2. The smallest absolute Gasteiger partial charge is 0.0918 e. The van der Waals surface area contributed by atoms with E-state index in [9.17, 15) is 5.11 Å². The summed E-state index contributed by atoms with van der Waals surface area (Å²) in [6.45, 7) is 0.199. The normalized spacial score (nSPS) is 13.0. The summed E-state index contributed by atoms with van der Waals surface area (Å²) in [7, 11) is 0. The summed E-state index contributed by atoms with van der Waals surface area (Å²) in [6, 6.07) is 11.4. The van der Waals surface area contributed by atoms with Gasteiger partial charge < -0.3 is 10.8 Å². The average molecular weight is 222 g/mol. The van der Waals surface area contributed by atoms with Crippen LogP contribution in [0.15, 0.2) is 36.4 Å². The third-order valence-corrected chi connectivity index (χ3v) is 2.78. The van der Waals surface area contributed by atoms with Crippen LogP contribution in [0.2, 0.25) is 5.02 Å². The molecule has 1 atom stereocenters. The fourth-order valence-electron chi connectivity index (χ4n) is 1.73. The first-order chi connectivity index (χ1) is 7.24. The first-order valence-electron chi connectivity index (χ1n) is 4.79. The molecule has 2 nitrogen and oxygen atoms in total. The highest BCUT2D eigenvalue weighted by molar-refractivity contribution is 6.35. The van der Waals surface area contributed by atoms with E-state index in [1.165, 1.54) is 0 Å². The Labute approximate surface area is 93.3 Å². The maximum atomic E-state index is 9.77. The molecule has 2 aromatic rings. The predicted octanol–water partition coefficient (Wildman–Crippen LogP) is 2.49. The van der Waals surface area contributed by atoms with Crippen LogP contribution in [0.25, 0.3) is 10.8 Å². The number of hydrogen-bond donors (Lipinski definition) is 2. The summed E-state index contributed by atoms with van der Waals surface area (Å²) in [6.07, 6.45) is -0.659. The van der Waals surface area contributed by atoms with E-state index in [-0.39, 0.29) is 6.54 Å². The Morgan fingerprint density at radius 2 is 1.87 bits per heavy atom. The Morgan fingerprint density at radius 1 is 1.20 bits per heavy atom. The van der Waals surface area contributed by atoms with Gasteiger partial charge >= 0.3 is 0 Å². The van der Waals surface area contributed by atoms with Crippen molar-refractivity contribution in [3.05, 3.63) is 47.0 Å². The lowest BCUT2D eigenvalue weighted by molar-refractivity contribution is 0.188. The van der Waals surface area contributed by atoms with Gasteiger partial charge in [0.15, 0.2) is 0 Å². The van der Waals surface area contributed by atoms with E-state index < -0.39 is 6.10 Å². The highest BCUT2D eigenvalue weighted by Gasteiger charge is 2.11. The van der Waals surface area contributed by atoms with Crippen LogP contribution >= 0.6 is 11.6 Å². The molecule has 0 unspecified atom stereocenters. The number of aliphatic hydroxyl groups excluding tert-OH is 1. The quantitative estimate of drug-likeness (QED) is 0.819. The molecule has 0 aliphatic carbocycles. The van der Waals surface area contributed by atoms with E-state index in [0.29, 0.717) is 5.02 Å².